The molecule has 0 atom stereocenters. The van der Waals surface area contributed by atoms with Crippen molar-refractivity contribution in [2.24, 2.45) is 0 Å². The number of fused-ring (bicyclic) bond motifs is 1. The van der Waals surface area contributed by atoms with Crippen LogP contribution in [0.2, 0.25) is 0 Å². The average Bonchev–Trinajstić information content (AvgIpc) is 2.63. The Kier molecular flexibility index (Phi) is 4.67. The van der Waals surface area contributed by atoms with E-state index in [9.17, 15) is 4.79 Å². The van der Waals surface area contributed by atoms with Crippen LogP contribution in [0.15, 0.2) is 23.1 Å². The molecule has 6 nitrogen and oxygen atoms in total. The van der Waals surface area contributed by atoms with E-state index in [1.54, 1.807) is 0 Å². The number of hydrogen-bond acceptors (Lipinski definition) is 5. The predicted molar refractivity (Wildman–Crippen MR) is 100 cm³/mol. The highest BCUT2D eigenvalue weighted by atomic mass is 32.1. The van der Waals surface area contributed by atoms with Gasteiger partial charge in [-0.05, 0) is 43.1 Å². The van der Waals surface area contributed by atoms with E-state index in [1.165, 1.54) is 24.8 Å². The van der Waals surface area contributed by atoms with Gasteiger partial charge in [-0.2, -0.15) is 0 Å². The third-order valence-corrected chi connectivity index (χ3v) is 5.29. The van der Waals surface area contributed by atoms with Crippen LogP contribution in [0, 0.1) is 4.77 Å². The molecule has 0 saturated carbocycles. The highest BCUT2D eigenvalue weighted by Gasteiger charge is 2.20. The second kappa shape index (κ2) is 7.09. The predicted octanol–water partition coefficient (Wildman–Crippen LogP) is 2.38. The first-order valence-electron chi connectivity index (χ1n) is 8.95. The topological polar surface area (TPSA) is 68.0 Å². The zero-order chi connectivity index (χ0) is 17.2. The molecule has 2 aliphatic heterocycles. The first kappa shape index (κ1) is 16.5. The van der Waals surface area contributed by atoms with Gasteiger partial charge in [0.1, 0.15) is 5.82 Å². The molecule has 4 rings (SSSR count). The number of hydrogen-bond donors (Lipinski definition) is 2. The number of rotatable bonds is 3. The fourth-order valence-electron chi connectivity index (χ4n) is 3.73. The molecule has 0 spiro atoms. The van der Waals surface area contributed by atoms with Crippen molar-refractivity contribution < 1.29 is 0 Å². The number of aromatic amines is 2. The van der Waals surface area contributed by atoms with Crippen LogP contribution in [0.4, 0.5) is 5.82 Å². The minimum atomic E-state index is -0.0676. The Hall–Kier alpha value is -1.99. The van der Waals surface area contributed by atoms with Gasteiger partial charge in [-0.25, -0.2) is 4.98 Å². The third-order valence-electron chi connectivity index (χ3n) is 5.08. The summed E-state index contributed by atoms with van der Waals surface area (Å²) in [5, 5.41) is 0. The molecule has 1 saturated heterocycles. The Morgan fingerprint density at radius 2 is 1.96 bits per heavy atom. The van der Waals surface area contributed by atoms with E-state index in [4.69, 9.17) is 12.2 Å². The van der Waals surface area contributed by atoms with Crippen molar-refractivity contribution in [3.05, 3.63) is 50.3 Å². The first-order valence-corrected chi connectivity index (χ1v) is 9.36. The van der Waals surface area contributed by atoms with E-state index < -0.39 is 0 Å². The van der Waals surface area contributed by atoms with E-state index in [0.29, 0.717) is 11.3 Å². The minimum absolute atomic E-state index is 0.0676. The van der Waals surface area contributed by atoms with Crippen molar-refractivity contribution in [1.29, 1.82) is 0 Å². The van der Waals surface area contributed by atoms with Crippen LogP contribution in [0.25, 0.3) is 0 Å². The van der Waals surface area contributed by atoms with Gasteiger partial charge in [-0.3, -0.25) is 14.7 Å². The summed E-state index contributed by atoms with van der Waals surface area (Å²) in [4.78, 5) is 27.2. The second-order valence-corrected chi connectivity index (χ2v) is 7.31. The maximum atomic E-state index is 12.1. The molecule has 132 valence electrons. The minimum Gasteiger partial charge on any atom is -0.357 e. The number of H-pyrrole nitrogens is 2. The lowest BCUT2D eigenvalue weighted by Crippen LogP contribution is -2.35. The first-order chi connectivity index (χ1) is 12.2. The molecule has 0 radical (unpaired) electrons. The molecule has 0 aliphatic carbocycles. The maximum Gasteiger partial charge on any atom is 0.256 e. The molecule has 0 amide bonds. The van der Waals surface area contributed by atoms with Crippen LogP contribution in [0.5, 0.6) is 0 Å². The zero-order valence-electron chi connectivity index (χ0n) is 14.3. The molecule has 0 aromatic carbocycles. The van der Waals surface area contributed by atoms with Crippen molar-refractivity contribution in [2.75, 3.05) is 24.5 Å². The zero-order valence-corrected chi connectivity index (χ0v) is 15.1. The molecular formula is C18H23N5OS. The van der Waals surface area contributed by atoms with Gasteiger partial charge in [0.05, 0.1) is 5.56 Å². The van der Waals surface area contributed by atoms with Crippen molar-refractivity contribution in [3.63, 3.8) is 0 Å². The lowest BCUT2D eigenvalue weighted by atomic mass is 10.1. The molecule has 2 aromatic rings. The van der Waals surface area contributed by atoms with E-state index >= 15 is 0 Å². The van der Waals surface area contributed by atoms with Gasteiger partial charge in [0, 0.05) is 51.0 Å². The Bertz CT molecular complexity index is 851. The second-order valence-electron chi connectivity index (χ2n) is 6.90. The summed E-state index contributed by atoms with van der Waals surface area (Å²) in [5.41, 5.74) is 2.90. The largest absolute Gasteiger partial charge is 0.357 e. The van der Waals surface area contributed by atoms with Gasteiger partial charge >= 0.3 is 0 Å². The fraction of sp³-hybridized carbons (Fsp3) is 0.500. The van der Waals surface area contributed by atoms with Crippen LogP contribution >= 0.6 is 12.2 Å². The van der Waals surface area contributed by atoms with E-state index in [2.05, 4.69) is 36.9 Å². The van der Waals surface area contributed by atoms with Crippen LogP contribution in [-0.2, 0) is 19.5 Å². The van der Waals surface area contributed by atoms with Gasteiger partial charge in [-0.15, -0.1) is 0 Å². The Morgan fingerprint density at radius 3 is 2.72 bits per heavy atom. The molecule has 1 fully saturated rings. The van der Waals surface area contributed by atoms with E-state index in [-0.39, 0.29) is 5.56 Å². The molecule has 4 heterocycles. The van der Waals surface area contributed by atoms with Crippen LogP contribution in [-0.4, -0.2) is 39.5 Å². The average molecular weight is 357 g/mol. The number of aromatic nitrogens is 3. The van der Waals surface area contributed by atoms with Crippen LogP contribution in [0.3, 0.4) is 0 Å². The SMILES string of the molecule is O=c1[nH]c(=S)[nH]c2c1CN(Cc1ccc(N3CCCCC3)nc1)CC2. The number of nitrogens with zero attached hydrogens (tertiary/aromatic N) is 3. The standard InChI is InChI=1S/C18H23N5OS/c24-17-14-12-22(9-6-15(14)20-18(25)21-17)11-13-4-5-16(19-10-13)23-7-2-1-3-8-23/h4-5,10H,1-3,6-9,11-12H2,(H2,20,21,24,25). The van der Waals surface area contributed by atoms with E-state index in [0.717, 1.165) is 49.7 Å². The van der Waals surface area contributed by atoms with Crippen molar-refractivity contribution in [1.82, 2.24) is 19.9 Å². The van der Waals surface area contributed by atoms with Gasteiger partial charge in [0.25, 0.3) is 5.56 Å². The molecule has 2 aromatic heterocycles. The number of nitrogens with one attached hydrogen (secondary N) is 2. The van der Waals surface area contributed by atoms with E-state index in [1.807, 2.05) is 6.20 Å². The van der Waals surface area contributed by atoms with Gasteiger partial charge in [0.15, 0.2) is 4.77 Å². The molecule has 25 heavy (non-hydrogen) atoms. The highest BCUT2D eigenvalue weighted by molar-refractivity contribution is 7.71. The normalized spacial score (nSPS) is 18.2. The summed E-state index contributed by atoms with van der Waals surface area (Å²) in [7, 11) is 0. The summed E-state index contributed by atoms with van der Waals surface area (Å²) in [6, 6.07) is 4.29. The molecule has 0 unspecified atom stereocenters. The monoisotopic (exact) mass is 357 g/mol. The summed E-state index contributed by atoms with van der Waals surface area (Å²) >= 11 is 5.05. The summed E-state index contributed by atoms with van der Waals surface area (Å²) in [5.74, 6) is 1.08. The smallest absolute Gasteiger partial charge is 0.256 e. The number of anilines is 1. The summed E-state index contributed by atoms with van der Waals surface area (Å²) in [6.07, 6.45) is 6.64. The fourth-order valence-corrected chi connectivity index (χ4v) is 3.94. The van der Waals surface area contributed by atoms with Gasteiger partial charge in [0.2, 0.25) is 0 Å². The Morgan fingerprint density at radius 1 is 1.12 bits per heavy atom. The molecular weight excluding hydrogens is 334 g/mol. The van der Waals surface area contributed by atoms with Gasteiger partial charge < -0.3 is 9.88 Å². The molecule has 2 aliphatic rings. The van der Waals surface area contributed by atoms with Crippen LogP contribution in [0.1, 0.15) is 36.1 Å². The maximum absolute atomic E-state index is 12.1. The third kappa shape index (κ3) is 3.67. The van der Waals surface area contributed by atoms with Gasteiger partial charge in [-0.1, -0.05) is 6.07 Å². The van der Waals surface area contributed by atoms with Crippen molar-refractivity contribution in [2.45, 2.75) is 38.8 Å². The molecule has 0 bridgehead atoms. The lowest BCUT2D eigenvalue weighted by Gasteiger charge is -2.29. The Labute approximate surface area is 151 Å². The number of piperidine rings is 1. The summed E-state index contributed by atoms with van der Waals surface area (Å²) < 4.78 is 0.412. The van der Waals surface area contributed by atoms with Crippen molar-refractivity contribution >= 4 is 18.0 Å². The number of pyridine rings is 1. The molecule has 2 N–H and O–H groups in total. The Balaban J connectivity index is 1.44. The molecule has 7 heteroatoms. The summed E-state index contributed by atoms with van der Waals surface area (Å²) in [6.45, 7) is 4.58. The lowest BCUT2D eigenvalue weighted by molar-refractivity contribution is 0.241. The quantitative estimate of drug-likeness (QED) is 0.826. The van der Waals surface area contributed by atoms with Crippen molar-refractivity contribution in [3.8, 4) is 0 Å². The highest BCUT2D eigenvalue weighted by Crippen LogP contribution is 2.19. The van der Waals surface area contributed by atoms with Crippen LogP contribution < -0.4 is 10.5 Å².